The summed E-state index contributed by atoms with van der Waals surface area (Å²) >= 11 is 0. The molecule has 15 nitrogen and oxygen atoms in total. The highest BCUT2D eigenvalue weighted by molar-refractivity contribution is 5.95. The molecule has 0 radical (unpaired) electrons. The van der Waals surface area contributed by atoms with Crippen molar-refractivity contribution in [2.45, 2.75) is 108 Å². The molecule has 3 aromatic carbocycles. The summed E-state index contributed by atoms with van der Waals surface area (Å²) in [6, 6.07) is 23.1. The lowest BCUT2D eigenvalue weighted by Crippen LogP contribution is -2.83. The molecule has 0 spiro atoms. The van der Waals surface area contributed by atoms with E-state index in [4.69, 9.17) is 23.7 Å². The number of carbonyl (C=O) groups is 6. The number of ketones is 1. The molecule has 13 atom stereocenters. The van der Waals surface area contributed by atoms with Crippen molar-refractivity contribution in [3.8, 4) is 0 Å². The molecule has 4 N–H and O–H groups in total. The molecule has 2 unspecified atom stereocenters. The van der Waals surface area contributed by atoms with Gasteiger partial charge in [-0.15, -0.1) is 0 Å². The van der Waals surface area contributed by atoms with Gasteiger partial charge in [-0.2, -0.15) is 0 Å². The number of carbonyl (C=O) groups excluding carboxylic acids is 6. The van der Waals surface area contributed by atoms with Crippen LogP contribution in [0, 0.1) is 28.6 Å². The summed E-state index contributed by atoms with van der Waals surface area (Å²) in [5, 5.41) is 40.3. The van der Waals surface area contributed by atoms with Gasteiger partial charge in [0.15, 0.2) is 23.6 Å². The molecule has 3 aliphatic carbocycles. The lowest BCUT2D eigenvalue weighted by Gasteiger charge is -2.69. The first-order chi connectivity index (χ1) is 29.3. The van der Waals surface area contributed by atoms with E-state index < -0.39 is 124 Å². The fourth-order valence-electron chi connectivity index (χ4n) is 10.8. The third-order valence-electron chi connectivity index (χ3n) is 14.0. The molecule has 4 fully saturated rings. The first-order valence-electron chi connectivity index (χ1n) is 20.8. The van der Waals surface area contributed by atoms with E-state index in [1.54, 1.807) is 99.6 Å². The van der Waals surface area contributed by atoms with Crippen LogP contribution in [-0.4, -0.2) is 105 Å². The van der Waals surface area contributed by atoms with Crippen molar-refractivity contribution < 1.29 is 67.8 Å². The molecule has 3 saturated carbocycles. The Balaban J connectivity index is 1.36. The van der Waals surface area contributed by atoms with Crippen LogP contribution in [0.3, 0.4) is 0 Å². The second-order valence-electron chi connectivity index (χ2n) is 17.8. The number of esters is 4. The predicted octanol–water partition coefficient (Wildman–Crippen LogP) is 3.67. The maximum atomic E-state index is 15.5. The van der Waals surface area contributed by atoms with Crippen LogP contribution in [0.4, 0.5) is 0 Å². The summed E-state index contributed by atoms with van der Waals surface area (Å²) in [5.74, 6) is -8.77. The molecular weight excluding hydrogens is 803 g/mol. The van der Waals surface area contributed by atoms with E-state index in [9.17, 15) is 39.3 Å². The number of Topliss-reactive ketones (excluding diaryl/α,β-unsaturated/α-hetero) is 1. The second kappa shape index (κ2) is 16.7. The Bertz CT molecular complexity index is 2200. The summed E-state index contributed by atoms with van der Waals surface area (Å²) < 4.78 is 30.4. The largest absolute Gasteiger partial charge is 0.460 e. The van der Waals surface area contributed by atoms with Crippen molar-refractivity contribution in [2.75, 3.05) is 6.61 Å². The van der Waals surface area contributed by atoms with Crippen LogP contribution in [-0.2, 0) is 42.9 Å². The van der Waals surface area contributed by atoms with Gasteiger partial charge in [0.05, 0.1) is 35.6 Å². The highest BCUT2D eigenvalue weighted by Crippen LogP contribution is 2.65. The van der Waals surface area contributed by atoms with Gasteiger partial charge in [0.2, 0.25) is 0 Å². The van der Waals surface area contributed by atoms with Gasteiger partial charge in [0, 0.05) is 49.5 Å². The molecule has 4 aliphatic rings. The maximum Gasteiger partial charge on any atom is 0.338 e. The average Bonchev–Trinajstić information content (AvgIpc) is 3.24. The van der Waals surface area contributed by atoms with E-state index >= 15 is 4.79 Å². The van der Waals surface area contributed by atoms with Crippen LogP contribution >= 0.6 is 0 Å². The maximum absolute atomic E-state index is 15.5. The predicted molar refractivity (Wildman–Crippen MR) is 218 cm³/mol. The third-order valence-corrected chi connectivity index (χ3v) is 14.0. The first kappa shape index (κ1) is 44.6. The minimum absolute atomic E-state index is 0.0809. The number of hydrogen-bond acceptors (Lipinski definition) is 14. The Hall–Kier alpha value is -5.48. The second-order valence-corrected chi connectivity index (χ2v) is 17.8. The number of aliphatic hydroxyl groups excluding tert-OH is 2. The minimum atomic E-state index is -2.33. The number of fused-ring (bicyclic) bond motifs is 5. The van der Waals surface area contributed by atoms with Crippen molar-refractivity contribution in [3.63, 3.8) is 0 Å². The lowest BCUT2D eigenvalue weighted by atomic mass is 9.42. The Kier molecular flexibility index (Phi) is 12.0. The fraction of sp³-hybridized carbons (Fsp3) is 0.489. The molecule has 1 aliphatic heterocycles. The molecule has 1 saturated heterocycles. The van der Waals surface area contributed by atoms with Crippen molar-refractivity contribution in [1.82, 2.24) is 5.32 Å². The Morgan fingerprint density at radius 1 is 0.823 bits per heavy atom. The van der Waals surface area contributed by atoms with Crippen molar-refractivity contribution in [1.29, 1.82) is 0 Å². The molecule has 7 rings (SSSR count). The van der Waals surface area contributed by atoms with E-state index in [1.165, 1.54) is 19.1 Å². The van der Waals surface area contributed by atoms with Crippen LogP contribution in [0.15, 0.2) is 91.0 Å². The molecule has 2 bridgehead atoms. The van der Waals surface area contributed by atoms with E-state index in [0.29, 0.717) is 5.56 Å². The summed E-state index contributed by atoms with van der Waals surface area (Å²) in [5.41, 5.74) is -6.93. The number of rotatable bonds is 10. The summed E-state index contributed by atoms with van der Waals surface area (Å²) in [6.07, 6.45) is -10.1. The Morgan fingerprint density at radius 3 is 1.95 bits per heavy atom. The van der Waals surface area contributed by atoms with Gasteiger partial charge in [0.1, 0.15) is 23.9 Å². The van der Waals surface area contributed by atoms with Crippen molar-refractivity contribution >= 4 is 35.6 Å². The zero-order chi connectivity index (χ0) is 44.9. The van der Waals surface area contributed by atoms with Crippen LogP contribution in [0.25, 0.3) is 0 Å². The quantitative estimate of drug-likeness (QED) is 0.169. The zero-order valence-electron chi connectivity index (χ0n) is 35.4. The molecular formula is C47H53NO14. The number of amides is 1. The number of ether oxygens (including phenoxy) is 5. The first-order valence-corrected chi connectivity index (χ1v) is 20.8. The van der Waals surface area contributed by atoms with E-state index in [-0.39, 0.29) is 24.2 Å². The fourth-order valence-corrected chi connectivity index (χ4v) is 10.8. The Labute approximate surface area is 359 Å². The van der Waals surface area contributed by atoms with Crippen LogP contribution in [0.5, 0.6) is 0 Å². The van der Waals surface area contributed by atoms with Crippen LogP contribution in [0.2, 0.25) is 0 Å². The molecule has 3 aromatic rings. The Morgan fingerprint density at radius 2 is 1.40 bits per heavy atom. The third kappa shape index (κ3) is 7.37. The SMILES string of the molecule is CC(=O)O[C@H]1C(=O)[C@@]2(C)[C@H]([C@H](OC(=O)c3ccccc3)[C@]3(O)C[C@H](OC(=O)[C@H](O)[C@@H](NC(=O)c4ccccc4)c4ccccc4)C(C)C1C3(C)C)[C@]1(OC(C)=O)CO[C@@H]1C[C@@H]2O. The molecule has 1 heterocycles. The van der Waals surface area contributed by atoms with Crippen molar-refractivity contribution in [2.24, 2.45) is 28.6 Å². The van der Waals surface area contributed by atoms with Gasteiger partial charge in [-0.25, -0.2) is 9.59 Å². The standard InChI is InChI=1S/C47H53NO14/c1-25-31(60-43(56)36(52)35(28-16-10-7-11-17-28)48-41(54)29-18-12-8-13-19-29)23-47(57)40(61-42(55)30-20-14-9-15-21-30)38-45(6,32(51)22-33-46(38,24-58-33)62-27(3)50)39(53)37(59-26(2)49)34(25)44(47,4)5/h7-21,25,31-38,40,51-52,57H,22-24H2,1-6H3,(H,48,54)/t25?,31-,32-,33+,34?,35-,36+,37+,38-,40-,45+,46-,47+/m0/s1. The summed E-state index contributed by atoms with van der Waals surface area (Å²) in [4.78, 5) is 83.6. The van der Waals surface area contributed by atoms with E-state index in [0.717, 1.165) is 13.8 Å². The van der Waals surface area contributed by atoms with Gasteiger partial charge in [0.25, 0.3) is 5.91 Å². The van der Waals surface area contributed by atoms with Gasteiger partial charge in [-0.05, 0) is 36.8 Å². The molecule has 1 amide bonds. The molecule has 15 heteroatoms. The molecule has 0 aromatic heterocycles. The average molecular weight is 856 g/mol. The van der Waals surface area contributed by atoms with Gasteiger partial charge in [-0.3, -0.25) is 19.2 Å². The minimum Gasteiger partial charge on any atom is -0.460 e. The number of nitrogens with one attached hydrogen (secondary N) is 1. The topological polar surface area (TPSA) is 221 Å². The van der Waals surface area contributed by atoms with Gasteiger partial charge in [-0.1, -0.05) is 87.5 Å². The number of hydrogen-bond donors (Lipinski definition) is 4. The van der Waals surface area contributed by atoms with Crippen LogP contribution in [0.1, 0.15) is 86.7 Å². The number of aliphatic hydroxyl groups is 3. The van der Waals surface area contributed by atoms with Crippen molar-refractivity contribution in [3.05, 3.63) is 108 Å². The molecule has 330 valence electrons. The zero-order valence-corrected chi connectivity index (χ0v) is 35.4. The highest BCUT2D eigenvalue weighted by atomic mass is 16.6. The van der Waals surface area contributed by atoms with E-state index in [2.05, 4.69) is 5.32 Å². The van der Waals surface area contributed by atoms with E-state index in [1.807, 2.05) is 0 Å². The lowest BCUT2D eigenvalue weighted by molar-refractivity contribution is -0.355. The summed E-state index contributed by atoms with van der Waals surface area (Å²) in [6.45, 7) is 8.28. The highest BCUT2D eigenvalue weighted by Gasteiger charge is 2.79. The van der Waals surface area contributed by atoms with Gasteiger partial charge < -0.3 is 44.3 Å². The number of benzene rings is 3. The van der Waals surface area contributed by atoms with Crippen LogP contribution < -0.4 is 5.32 Å². The summed E-state index contributed by atoms with van der Waals surface area (Å²) in [7, 11) is 0. The normalized spacial score (nSPS) is 34.2. The monoisotopic (exact) mass is 855 g/mol. The smallest absolute Gasteiger partial charge is 0.338 e. The van der Waals surface area contributed by atoms with Gasteiger partial charge >= 0.3 is 23.9 Å². The molecule has 62 heavy (non-hydrogen) atoms.